The lowest BCUT2D eigenvalue weighted by molar-refractivity contribution is 0.174. The van der Waals surface area contributed by atoms with Crippen molar-refractivity contribution in [3.63, 3.8) is 0 Å². The molecule has 0 aliphatic carbocycles. The molecule has 1 aromatic heterocycles. The van der Waals surface area contributed by atoms with E-state index in [2.05, 4.69) is 20.6 Å². The maximum absolute atomic E-state index is 6.19. The lowest BCUT2D eigenvalue weighted by Gasteiger charge is -2.11. The Morgan fingerprint density at radius 2 is 1.88 bits per heavy atom. The standard InChI is InChI=1S/C19H17ClN4O2/c1-12-8-18(21-10-13-6-7-16-17(9-13)26-11-25-16)24-19(22-12)23-15-5-3-2-4-14(15)20/h2-9H,10-11H2,1H3,(H2,21,22,23,24). The van der Waals surface area contributed by atoms with Crippen molar-refractivity contribution < 1.29 is 9.47 Å². The Morgan fingerprint density at radius 1 is 1.04 bits per heavy atom. The summed E-state index contributed by atoms with van der Waals surface area (Å²) in [4.78, 5) is 8.92. The molecule has 1 aliphatic heterocycles. The Labute approximate surface area is 156 Å². The smallest absolute Gasteiger partial charge is 0.231 e. The number of fused-ring (bicyclic) bond motifs is 1. The van der Waals surface area contributed by atoms with Gasteiger partial charge in [0.2, 0.25) is 12.7 Å². The van der Waals surface area contributed by atoms with Crippen LogP contribution in [-0.4, -0.2) is 16.8 Å². The summed E-state index contributed by atoms with van der Waals surface area (Å²) in [5.74, 6) is 2.76. The fraction of sp³-hybridized carbons (Fsp3) is 0.158. The average molecular weight is 369 g/mol. The van der Waals surface area contributed by atoms with Crippen LogP contribution in [0.5, 0.6) is 11.5 Å². The summed E-state index contributed by atoms with van der Waals surface area (Å²) in [6, 6.07) is 15.3. The van der Waals surface area contributed by atoms with E-state index in [1.54, 1.807) is 0 Å². The van der Waals surface area contributed by atoms with E-state index in [4.69, 9.17) is 21.1 Å². The highest BCUT2D eigenvalue weighted by atomic mass is 35.5. The molecule has 2 heterocycles. The summed E-state index contributed by atoms with van der Waals surface area (Å²) in [7, 11) is 0. The van der Waals surface area contributed by atoms with Crippen molar-refractivity contribution in [1.82, 2.24) is 9.97 Å². The molecule has 0 amide bonds. The van der Waals surface area contributed by atoms with Crippen molar-refractivity contribution in [1.29, 1.82) is 0 Å². The van der Waals surface area contributed by atoms with E-state index in [-0.39, 0.29) is 6.79 Å². The van der Waals surface area contributed by atoms with Gasteiger partial charge in [0.15, 0.2) is 11.5 Å². The highest BCUT2D eigenvalue weighted by Crippen LogP contribution is 2.32. The molecular weight excluding hydrogens is 352 g/mol. The molecule has 0 bridgehead atoms. The Bertz CT molecular complexity index is 949. The minimum atomic E-state index is 0.272. The summed E-state index contributed by atoms with van der Waals surface area (Å²) < 4.78 is 10.7. The van der Waals surface area contributed by atoms with E-state index in [1.165, 1.54) is 0 Å². The molecule has 0 spiro atoms. The van der Waals surface area contributed by atoms with Gasteiger partial charge in [-0.1, -0.05) is 29.8 Å². The highest BCUT2D eigenvalue weighted by molar-refractivity contribution is 6.33. The third kappa shape index (κ3) is 3.65. The average Bonchev–Trinajstić information content (AvgIpc) is 3.09. The number of anilines is 3. The molecule has 2 N–H and O–H groups in total. The van der Waals surface area contributed by atoms with E-state index in [9.17, 15) is 0 Å². The zero-order chi connectivity index (χ0) is 17.9. The fourth-order valence-electron chi connectivity index (χ4n) is 2.64. The van der Waals surface area contributed by atoms with Gasteiger partial charge in [0.25, 0.3) is 0 Å². The molecule has 4 rings (SSSR count). The molecule has 0 radical (unpaired) electrons. The van der Waals surface area contributed by atoms with Crippen LogP contribution in [0.2, 0.25) is 5.02 Å². The zero-order valence-corrected chi connectivity index (χ0v) is 14.9. The monoisotopic (exact) mass is 368 g/mol. The topological polar surface area (TPSA) is 68.3 Å². The van der Waals surface area contributed by atoms with Crippen molar-refractivity contribution in [3.8, 4) is 11.5 Å². The van der Waals surface area contributed by atoms with Crippen LogP contribution in [0.25, 0.3) is 0 Å². The number of halogens is 1. The number of aromatic nitrogens is 2. The molecule has 132 valence electrons. The number of nitrogens with zero attached hydrogens (tertiary/aromatic N) is 2. The molecular formula is C19H17ClN4O2. The first-order chi connectivity index (χ1) is 12.7. The van der Waals surface area contributed by atoms with Crippen molar-refractivity contribution in [2.45, 2.75) is 13.5 Å². The van der Waals surface area contributed by atoms with E-state index >= 15 is 0 Å². The Balaban J connectivity index is 1.48. The molecule has 0 unspecified atom stereocenters. The molecule has 0 saturated heterocycles. The van der Waals surface area contributed by atoms with E-state index in [0.29, 0.717) is 17.5 Å². The second kappa shape index (κ2) is 7.09. The highest BCUT2D eigenvalue weighted by Gasteiger charge is 2.13. The van der Waals surface area contributed by atoms with Gasteiger partial charge in [-0.3, -0.25) is 0 Å². The van der Waals surface area contributed by atoms with Gasteiger partial charge in [-0.2, -0.15) is 4.98 Å². The number of aryl methyl sites for hydroxylation is 1. The van der Waals surface area contributed by atoms with Gasteiger partial charge < -0.3 is 20.1 Å². The molecule has 0 atom stereocenters. The summed E-state index contributed by atoms with van der Waals surface area (Å²) >= 11 is 6.19. The predicted molar refractivity (Wildman–Crippen MR) is 101 cm³/mol. The number of para-hydroxylation sites is 1. The summed E-state index contributed by atoms with van der Waals surface area (Å²) in [5, 5.41) is 7.09. The molecule has 6 nitrogen and oxygen atoms in total. The number of ether oxygens (including phenoxy) is 2. The molecule has 1 aliphatic rings. The predicted octanol–water partition coefficient (Wildman–Crippen LogP) is 4.52. The van der Waals surface area contributed by atoms with Crippen LogP contribution in [0.4, 0.5) is 17.5 Å². The molecule has 0 fully saturated rings. The number of hydrogen-bond donors (Lipinski definition) is 2. The first-order valence-corrected chi connectivity index (χ1v) is 8.55. The second-order valence-corrected chi connectivity index (χ2v) is 6.27. The lowest BCUT2D eigenvalue weighted by atomic mass is 10.2. The van der Waals surface area contributed by atoms with Crippen LogP contribution in [0, 0.1) is 6.92 Å². The lowest BCUT2D eigenvalue weighted by Crippen LogP contribution is -2.05. The zero-order valence-electron chi connectivity index (χ0n) is 14.1. The van der Waals surface area contributed by atoms with E-state index in [1.807, 2.05) is 55.5 Å². The SMILES string of the molecule is Cc1cc(NCc2ccc3c(c2)OCO3)nc(Nc2ccccc2Cl)n1. The minimum absolute atomic E-state index is 0.272. The van der Waals surface area contributed by atoms with E-state index < -0.39 is 0 Å². The van der Waals surface area contributed by atoms with Gasteiger partial charge in [-0.05, 0) is 36.8 Å². The summed E-state index contributed by atoms with van der Waals surface area (Å²) in [6.45, 7) is 2.80. The maximum Gasteiger partial charge on any atom is 0.231 e. The third-order valence-electron chi connectivity index (χ3n) is 3.89. The minimum Gasteiger partial charge on any atom is -0.454 e. The van der Waals surface area contributed by atoms with Crippen molar-refractivity contribution in [2.75, 3.05) is 17.4 Å². The normalized spacial score (nSPS) is 12.1. The fourth-order valence-corrected chi connectivity index (χ4v) is 2.82. The first-order valence-electron chi connectivity index (χ1n) is 8.17. The molecule has 3 aromatic rings. The van der Waals surface area contributed by atoms with E-state index in [0.717, 1.165) is 34.3 Å². The van der Waals surface area contributed by atoms with Gasteiger partial charge in [-0.15, -0.1) is 0 Å². The van der Waals surface area contributed by atoms with Crippen molar-refractivity contribution >= 4 is 29.1 Å². The maximum atomic E-state index is 6.19. The van der Waals surface area contributed by atoms with Crippen LogP contribution in [0.15, 0.2) is 48.5 Å². The molecule has 0 saturated carbocycles. The van der Waals surface area contributed by atoms with Gasteiger partial charge in [0.1, 0.15) is 5.82 Å². The quantitative estimate of drug-likeness (QED) is 0.690. The molecule has 26 heavy (non-hydrogen) atoms. The Morgan fingerprint density at radius 3 is 2.77 bits per heavy atom. The summed E-state index contributed by atoms with van der Waals surface area (Å²) in [6.07, 6.45) is 0. The molecule has 7 heteroatoms. The second-order valence-electron chi connectivity index (χ2n) is 5.86. The van der Waals surface area contributed by atoms with Gasteiger partial charge in [0.05, 0.1) is 10.7 Å². The van der Waals surface area contributed by atoms with Gasteiger partial charge >= 0.3 is 0 Å². The third-order valence-corrected chi connectivity index (χ3v) is 4.21. The number of rotatable bonds is 5. The largest absolute Gasteiger partial charge is 0.454 e. The van der Waals surface area contributed by atoms with Crippen LogP contribution in [-0.2, 0) is 6.54 Å². The first kappa shape index (κ1) is 16.5. The van der Waals surface area contributed by atoms with Crippen LogP contribution >= 0.6 is 11.6 Å². The number of benzene rings is 2. The number of hydrogen-bond acceptors (Lipinski definition) is 6. The van der Waals surface area contributed by atoms with Crippen molar-refractivity contribution in [2.24, 2.45) is 0 Å². The molecule has 2 aromatic carbocycles. The number of nitrogens with one attached hydrogen (secondary N) is 2. The van der Waals surface area contributed by atoms with Crippen molar-refractivity contribution in [3.05, 3.63) is 64.8 Å². The van der Waals surface area contributed by atoms with Gasteiger partial charge in [-0.25, -0.2) is 4.98 Å². The van der Waals surface area contributed by atoms with Crippen LogP contribution < -0.4 is 20.1 Å². The summed E-state index contributed by atoms with van der Waals surface area (Å²) in [5.41, 5.74) is 2.69. The Kier molecular flexibility index (Phi) is 4.50. The van der Waals surface area contributed by atoms with Crippen LogP contribution in [0.1, 0.15) is 11.3 Å². The van der Waals surface area contributed by atoms with Crippen LogP contribution in [0.3, 0.4) is 0 Å². The van der Waals surface area contributed by atoms with Gasteiger partial charge in [0, 0.05) is 18.3 Å². The Hall–Kier alpha value is -2.99.